The van der Waals surface area contributed by atoms with Crippen LogP contribution in [0.1, 0.15) is 15.9 Å². The zero-order valence-electron chi connectivity index (χ0n) is 15.0. The summed E-state index contributed by atoms with van der Waals surface area (Å²) in [7, 11) is 3.09. The minimum absolute atomic E-state index is 0.318. The first-order valence-corrected chi connectivity index (χ1v) is 8.18. The molecule has 8 heteroatoms. The maximum absolute atomic E-state index is 12.4. The average molecular weight is 365 g/mol. The van der Waals surface area contributed by atoms with Crippen LogP contribution in [0, 0.1) is 0 Å². The second-order valence-corrected chi connectivity index (χ2v) is 5.53. The quantitative estimate of drug-likeness (QED) is 0.664. The van der Waals surface area contributed by atoms with E-state index in [9.17, 15) is 4.79 Å². The van der Waals surface area contributed by atoms with Crippen LogP contribution in [0.5, 0.6) is 11.5 Å². The van der Waals surface area contributed by atoms with E-state index in [2.05, 4.69) is 25.6 Å². The van der Waals surface area contributed by atoms with E-state index >= 15 is 0 Å². The van der Waals surface area contributed by atoms with Crippen LogP contribution >= 0.6 is 0 Å². The molecule has 0 aliphatic heterocycles. The molecular weight excluding hydrogens is 346 g/mol. The molecule has 0 aliphatic carbocycles. The Bertz CT molecular complexity index is 901. The van der Waals surface area contributed by atoms with Crippen LogP contribution in [0.2, 0.25) is 0 Å². The predicted octanol–water partition coefficient (Wildman–Crippen LogP) is 2.75. The molecule has 0 saturated carbocycles. The number of rotatable bonds is 7. The van der Waals surface area contributed by atoms with E-state index in [1.165, 1.54) is 19.5 Å². The standard InChI is InChI=1S/C19H19N5O3/c1-26-16-6-5-15(8-17(16)27-2)24-18(25)14-11-22-19(23-12-14)21-10-13-4-3-7-20-9-13/h3-9,11-12H,10H2,1-2H3,(H,24,25)(H,21,22,23). The van der Waals surface area contributed by atoms with Crippen LogP contribution in [0.25, 0.3) is 0 Å². The summed E-state index contributed by atoms with van der Waals surface area (Å²) >= 11 is 0. The molecule has 0 radical (unpaired) electrons. The van der Waals surface area contributed by atoms with E-state index in [4.69, 9.17) is 9.47 Å². The van der Waals surface area contributed by atoms with Crippen LogP contribution in [-0.2, 0) is 6.54 Å². The van der Waals surface area contributed by atoms with Crippen LogP contribution in [0.4, 0.5) is 11.6 Å². The number of amides is 1. The Morgan fingerprint density at radius 3 is 2.48 bits per heavy atom. The van der Waals surface area contributed by atoms with Gasteiger partial charge in [-0.3, -0.25) is 9.78 Å². The van der Waals surface area contributed by atoms with E-state index in [-0.39, 0.29) is 5.91 Å². The van der Waals surface area contributed by atoms with E-state index in [0.29, 0.717) is 35.2 Å². The molecule has 0 atom stereocenters. The Labute approximate surface area is 156 Å². The highest BCUT2D eigenvalue weighted by molar-refractivity contribution is 6.04. The van der Waals surface area contributed by atoms with E-state index < -0.39 is 0 Å². The SMILES string of the molecule is COc1ccc(NC(=O)c2cnc(NCc3cccnc3)nc2)cc1OC. The highest BCUT2D eigenvalue weighted by atomic mass is 16.5. The van der Waals surface area contributed by atoms with Gasteiger partial charge in [-0.25, -0.2) is 9.97 Å². The molecule has 0 fully saturated rings. The van der Waals surface area contributed by atoms with Crippen molar-refractivity contribution in [3.05, 3.63) is 66.2 Å². The van der Waals surface area contributed by atoms with Gasteiger partial charge in [-0.2, -0.15) is 0 Å². The molecule has 27 heavy (non-hydrogen) atoms. The Morgan fingerprint density at radius 1 is 1.04 bits per heavy atom. The van der Waals surface area contributed by atoms with Crippen LogP contribution in [0.15, 0.2) is 55.1 Å². The second kappa shape index (κ2) is 8.61. The van der Waals surface area contributed by atoms with Crippen molar-refractivity contribution < 1.29 is 14.3 Å². The largest absolute Gasteiger partial charge is 0.493 e. The van der Waals surface area contributed by atoms with Gasteiger partial charge < -0.3 is 20.1 Å². The van der Waals surface area contributed by atoms with Gasteiger partial charge in [0.1, 0.15) is 0 Å². The first-order valence-electron chi connectivity index (χ1n) is 8.18. The van der Waals surface area contributed by atoms with Gasteiger partial charge >= 0.3 is 0 Å². The number of aromatic nitrogens is 3. The van der Waals surface area contributed by atoms with Crippen molar-refractivity contribution in [2.45, 2.75) is 6.54 Å². The topological polar surface area (TPSA) is 98.3 Å². The third-order valence-corrected chi connectivity index (χ3v) is 3.73. The summed E-state index contributed by atoms with van der Waals surface area (Å²) in [6.07, 6.45) is 6.41. The Morgan fingerprint density at radius 2 is 1.81 bits per heavy atom. The average Bonchev–Trinajstić information content (AvgIpc) is 2.73. The fourth-order valence-electron chi connectivity index (χ4n) is 2.34. The number of benzene rings is 1. The number of hydrogen-bond donors (Lipinski definition) is 2. The maximum Gasteiger partial charge on any atom is 0.258 e. The number of pyridine rings is 1. The van der Waals surface area contributed by atoms with Gasteiger partial charge in [0.2, 0.25) is 5.95 Å². The lowest BCUT2D eigenvalue weighted by Gasteiger charge is -2.10. The highest BCUT2D eigenvalue weighted by Gasteiger charge is 2.10. The zero-order valence-corrected chi connectivity index (χ0v) is 15.0. The lowest BCUT2D eigenvalue weighted by molar-refractivity contribution is 0.102. The summed E-state index contributed by atoms with van der Waals surface area (Å²) in [4.78, 5) is 24.8. The summed E-state index contributed by atoms with van der Waals surface area (Å²) < 4.78 is 10.4. The Balaban J connectivity index is 1.62. The highest BCUT2D eigenvalue weighted by Crippen LogP contribution is 2.29. The van der Waals surface area contributed by atoms with Gasteiger partial charge in [-0.1, -0.05) is 6.07 Å². The minimum atomic E-state index is -0.318. The first-order chi connectivity index (χ1) is 13.2. The van der Waals surface area contributed by atoms with Gasteiger partial charge in [0.25, 0.3) is 5.91 Å². The van der Waals surface area contributed by atoms with Crippen molar-refractivity contribution in [2.75, 3.05) is 24.9 Å². The Kier molecular flexibility index (Phi) is 5.78. The number of methoxy groups -OCH3 is 2. The predicted molar refractivity (Wildman–Crippen MR) is 101 cm³/mol. The molecule has 1 aromatic carbocycles. The summed E-state index contributed by atoms with van der Waals surface area (Å²) in [5, 5.41) is 5.86. The van der Waals surface area contributed by atoms with Gasteiger partial charge in [-0.15, -0.1) is 0 Å². The van der Waals surface area contributed by atoms with E-state index in [1.807, 2.05) is 12.1 Å². The first kappa shape index (κ1) is 18.1. The van der Waals surface area contributed by atoms with Crippen LogP contribution < -0.4 is 20.1 Å². The molecule has 2 aromatic heterocycles. The summed E-state index contributed by atoms with van der Waals surface area (Å²) in [6.45, 7) is 0.547. The monoisotopic (exact) mass is 365 g/mol. The molecule has 0 aliphatic rings. The molecule has 0 bridgehead atoms. The van der Waals surface area contributed by atoms with Crippen molar-refractivity contribution in [2.24, 2.45) is 0 Å². The lowest BCUT2D eigenvalue weighted by atomic mass is 10.2. The maximum atomic E-state index is 12.4. The number of nitrogens with zero attached hydrogens (tertiary/aromatic N) is 3. The molecule has 2 heterocycles. The molecule has 0 spiro atoms. The van der Waals surface area contributed by atoms with Gasteiger partial charge in [-0.05, 0) is 23.8 Å². The molecule has 0 saturated heterocycles. The van der Waals surface area contributed by atoms with Crippen molar-refractivity contribution in [1.29, 1.82) is 0 Å². The fraction of sp³-hybridized carbons (Fsp3) is 0.158. The second-order valence-electron chi connectivity index (χ2n) is 5.53. The van der Waals surface area contributed by atoms with Crippen LogP contribution in [0.3, 0.4) is 0 Å². The molecule has 138 valence electrons. The lowest BCUT2D eigenvalue weighted by Crippen LogP contribution is -2.13. The normalized spacial score (nSPS) is 10.1. The summed E-state index contributed by atoms with van der Waals surface area (Å²) in [5.41, 5.74) is 1.93. The number of ether oxygens (including phenoxy) is 2. The molecule has 1 amide bonds. The number of carbonyl (C=O) groups is 1. The molecule has 8 nitrogen and oxygen atoms in total. The third kappa shape index (κ3) is 4.69. The van der Waals surface area contributed by atoms with Crippen LogP contribution in [-0.4, -0.2) is 35.1 Å². The van der Waals surface area contributed by atoms with Crippen molar-refractivity contribution >= 4 is 17.5 Å². The molecule has 2 N–H and O–H groups in total. The minimum Gasteiger partial charge on any atom is -0.493 e. The zero-order chi connectivity index (χ0) is 19.1. The molecule has 3 rings (SSSR count). The third-order valence-electron chi connectivity index (χ3n) is 3.73. The number of carbonyl (C=O) groups excluding carboxylic acids is 1. The smallest absolute Gasteiger partial charge is 0.258 e. The van der Waals surface area contributed by atoms with E-state index in [0.717, 1.165) is 5.56 Å². The fourth-order valence-corrected chi connectivity index (χ4v) is 2.34. The van der Waals surface area contributed by atoms with Gasteiger partial charge in [0, 0.05) is 43.1 Å². The van der Waals surface area contributed by atoms with E-state index in [1.54, 1.807) is 37.7 Å². The van der Waals surface area contributed by atoms with Crippen molar-refractivity contribution in [3.8, 4) is 11.5 Å². The van der Waals surface area contributed by atoms with Gasteiger partial charge in [0.15, 0.2) is 11.5 Å². The number of anilines is 2. The molecular formula is C19H19N5O3. The Hall–Kier alpha value is -3.68. The van der Waals surface area contributed by atoms with Gasteiger partial charge in [0.05, 0.1) is 19.8 Å². The van der Waals surface area contributed by atoms with Crippen molar-refractivity contribution in [3.63, 3.8) is 0 Å². The number of nitrogens with one attached hydrogen (secondary N) is 2. The van der Waals surface area contributed by atoms with Crippen molar-refractivity contribution in [1.82, 2.24) is 15.0 Å². The molecule has 3 aromatic rings. The molecule has 0 unspecified atom stereocenters. The summed E-state index contributed by atoms with van der Waals surface area (Å²) in [6, 6.07) is 8.94. The number of hydrogen-bond acceptors (Lipinski definition) is 7. The summed E-state index contributed by atoms with van der Waals surface area (Å²) in [5.74, 6) is 1.23.